The van der Waals surface area contributed by atoms with Gasteiger partial charge in [-0.15, -0.1) is 11.3 Å². The molecule has 0 bridgehead atoms. The molecule has 0 aromatic carbocycles. The largest absolute Gasteiger partial charge is 0.370 e. The van der Waals surface area contributed by atoms with Crippen LogP contribution in [0.25, 0.3) is 0 Å². The second kappa shape index (κ2) is 5.30. The summed E-state index contributed by atoms with van der Waals surface area (Å²) < 4.78 is 0. The molecular weight excluding hydrogens is 220 g/mol. The van der Waals surface area contributed by atoms with Crippen molar-refractivity contribution in [3.05, 3.63) is 15.6 Å². The van der Waals surface area contributed by atoms with Crippen molar-refractivity contribution in [2.75, 3.05) is 13.6 Å². The minimum atomic E-state index is 0.501. The number of aryl methyl sites for hydroxylation is 2. The summed E-state index contributed by atoms with van der Waals surface area (Å²) in [5.74, 6) is 0.501. The van der Waals surface area contributed by atoms with Crippen LogP contribution in [0.4, 0.5) is 0 Å². The monoisotopic (exact) mass is 238 g/mol. The maximum Gasteiger partial charge on any atom is 0.188 e. The zero-order chi connectivity index (χ0) is 11.4. The van der Waals surface area contributed by atoms with E-state index in [0.29, 0.717) is 5.96 Å². The van der Waals surface area contributed by atoms with Crippen LogP contribution in [0.1, 0.15) is 28.4 Å². The summed E-state index contributed by atoms with van der Waals surface area (Å²) in [6.45, 7) is 0.815. The Morgan fingerprint density at radius 1 is 1.50 bits per heavy atom. The van der Waals surface area contributed by atoms with Crippen LogP contribution in [0.15, 0.2) is 4.99 Å². The SMILES string of the molecule is CN=C(N)NCCc1nc2c(s1)CCCC2. The molecule has 2 rings (SSSR count). The molecule has 1 aliphatic rings. The van der Waals surface area contributed by atoms with E-state index in [1.807, 2.05) is 11.3 Å². The average molecular weight is 238 g/mol. The minimum absolute atomic E-state index is 0.501. The molecule has 0 spiro atoms. The summed E-state index contributed by atoms with van der Waals surface area (Å²) in [7, 11) is 1.68. The number of hydrogen-bond donors (Lipinski definition) is 2. The number of guanidine groups is 1. The van der Waals surface area contributed by atoms with E-state index in [-0.39, 0.29) is 0 Å². The predicted octanol–water partition coefficient (Wildman–Crippen LogP) is 1.10. The molecule has 1 aromatic heterocycles. The molecule has 88 valence electrons. The normalized spacial score (nSPS) is 15.9. The van der Waals surface area contributed by atoms with E-state index in [1.165, 1.54) is 34.8 Å². The van der Waals surface area contributed by atoms with Gasteiger partial charge in [-0.1, -0.05) is 0 Å². The first kappa shape index (κ1) is 11.4. The van der Waals surface area contributed by atoms with E-state index in [4.69, 9.17) is 5.73 Å². The van der Waals surface area contributed by atoms with Crippen molar-refractivity contribution in [1.82, 2.24) is 10.3 Å². The third-order valence-corrected chi connectivity index (χ3v) is 3.99. The lowest BCUT2D eigenvalue weighted by atomic mass is 10.0. The Labute approximate surface area is 100.0 Å². The van der Waals surface area contributed by atoms with E-state index < -0.39 is 0 Å². The number of thiazole rings is 1. The van der Waals surface area contributed by atoms with Crippen LogP contribution in [0.5, 0.6) is 0 Å². The second-order valence-corrected chi connectivity index (χ2v) is 5.14. The summed E-state index contributed by atoms with van der Waals surface area (Å²) in [6, 6.07) is 0. The van der Waals surface area contributed by atoms with Crippen molar-refractivity contribution in [2.45, 2.75) is 32.1 Å². The average Bonchev–Trinajstić information content (AvgIpc) is 2.71. The van der Waals surface area contributed by atoms with Crippen molar-refractivity contribution in [1.29, 1.82) is 0 Å². The van der Waals surface area contributed by atoms with Gasteiger partial charge in [0.15, 0.2) is 5.96 Å². The van der Waals surface area contributed by atoms with Crippen LogP contribution < -0.4 is 11.1 Å². The van der Waals surface area contributed by atoms with Gasteiger partial charge >= 0.3 is 0 Å². The quantitative estimate of drug-likeness (QED) is 0.612. The Bertz CT molecular complexity index is 360. The van der Waals surface area contributed by atoms with E-state index in [1.54, 1.807) is 7.05 Å². The Morgan fingerprint density at radius 2 is 2.31 bits per heavy atom. The predicted molar refractivity (Wildman–Crippen MR) is 68.0 cm³/mol. The van der Waals surface area contributed by atoms with E-state index in [9.17, 15) is 0 Å². The maximum atomic E-state index is 5.56. The third kappa shape index (κ3) is 2.72. The summed E-state index contributed by atoms with van der Waals surface area (Å²) >= 11 is 1.86. The van der Waals surface area contributed by atoms with Crippen LogP contribution in [0.2, 0.25) is 0 Å². The first-order valence-electron chi connectivity index (χ1n) is 5.73. The molecule has 0 saturated carbocycles. The van der Waals surface area contributed by atoms with Crippen molar-refractivity contribution >= 4 is 17.3 Å². The molecule has 0 fully saturated rings. The Hall–Kier alpha value is -1.10. The topological polar surface area (TPSA) is 63.3 Å². The van der Waals surface area contributed by atoms with Crippen LogP contribution in [-0.2, 0) is 19.3 Å². The van der Waals surface area contributed by atoms with Crippen LogP contribution >= 0.6 is 11.3 Å². The summed E-state index contributed by atoms with van der Waals surface area (Å²) in [4.78, 5) is 10.0. The molecule has 0 saturated heterocycles. The molecule has 0 aliphatic heterocycles. The Morgan fingerprint density at radius 3 is 3.06 bits per heavy atom. The lowest BCUT2D eigenvalue weighted by Gasteiger charge is -2.06. The highest BCUT2D eigenvalue weighted by molar-refractivity contribution is 7.11. The molecule has 1 aliphatic carbocycles. The van der Waals surface area contributed by atoms with Gasteiger partial charge in [-0.05, 0) is 25.7 Å². The smallest absolute Gasteiger partial charge is 0.188 e. The van der Waals surface area contributed by atoms with Gasteiger partial charge in [0, 0.05) is 24.9 Å². The van der Waals surface area contributed by atoms with Crippen molar-refractivity contribution in [3.8, 4) is 0 Å². The van der Waals surface area contributed by atoms with Gasteiger partial charge in [0.25, 0.3) is 0 Å². The number of nitrogens with one attached hydrogen (secondary N) is 1. The van der Waals surface area contributed by atoms with Gasteiger partial charge in [-0.2, -0.15) is 0 Å². The second-order valence-electron chi connectivity index (χ2n) is 3.97. The molecule has 1 heterocycles. The standard InChI is InChI=1S/C11H18N4S/c1-13-11(12)14-7-6-10-15-8-4-2-3-5-9(8)16-10/h2-7H2,1H3,(H3,12,13,14). The number of aromatic nitrogens is 1. The molecule has 16 heavy (non-hydrogen) atoms. The third-order valence-electron chi connectivity index (χ3n) is 2.78. The summed E-state index contributed by atoms with van der Waals surface area (Å²) in [5.41, 5.74) is 6.89. The minimum Gasteiger partial charge on any atom is -0.370 e. The van der Waals surface area contributed by atoms with Crippen LogP contribution in [0.3, 0.4) is 0 Å². The van der Waals surface area contributed by atoms with Crippen LogP contribution in [0, 0.1) is 0 Å². The first-order valence-corrected chi connectivity index (χ1v) is 6.55. The van der Waals surface area contributed by atoms with Crippen molar-refractivity contribution in [2.24, 2.45) is 10.7 Å². The van der Waals surface area contributed by atoms with Gasteiger partial charge in [-0.25, -0.2) is 4.98 Å². The van der Waals surface area contributed by atoms with Gasteiger partial charge < -0.3 is 11.1 Å². The molecular formula is C11H18N4S. The highest BCUT2D eigenvalue weighted by atomic mass is 32.1. The molecule has 0 radical (unpaired) electrons. The molecule has 0 atom stereocenters. The number of nitrogens with two attached hydrogens (primary N) is 1. The maximum absolute atomic E-state index is 5.56. The lowest BCUT2D eigenvalue weighted by Crippen LogP contribution is -2.32. The fourth-order valence-electron chi connectivity index (χ4n) is 1.89. The highest BCUT2D eigenvalue weighted by Crippen LogP contribution is 2.26. The van der Waals surface area contributed by atoms with Crippen LogP contribution in [-0.4, -0.2) is 24.5 Å². The zero-order valence-corrected chi connectivity index (χ0v) is 10.4. The van der Waals surface area contributed by atoms with Crippen molar-refractivity contribution in [3.63, 3.8) is 0 Å². The highest BCUT2D eigenvalue weighted by Gasteiger charge is 2.14. The molecule has 1 aromatic rings. The summed E-state index contributed by atoms with van der Waals surface area (Å²) in [5, 5.41) is 4.28. The van der Waals surface area contributed by atoms with Crippen molar-refractivity contribution < 1.29 is 0 Å². The molecule has 4 nitrogen and oxygen atoms in total. The molecule has 0 unspecified atom stereocenters. The van der Waals surface area contributed by atoms with E-state index in [2.05, 4.69) is 15.3 Å². The van der Waals surface area contributed by atoms with Gasteiger partial charge in [0.2, 0.25) is 0 Å². The number of hydrogen-bond acceptors (Lipinski definition) is 3. The first-order chi connectivity index (χ1) is 7.79. The Balaban J connectivity index is 1.88. The number of aliphatic imine (C=N–C) groups is 1. The molecule has 5 heteroatoms. The number of nitrogens with zero attached hydrogens (tertiary/aromatic N) is 2. The number of rotatable bonds is 3. The Kier molecular flexibility index (Phi) is 3.77. The van der Waals surface area contributed by atoms with Gasteiger partial charge in [0.05, 0.1) is 10.7 Å². The fourth-order valence-corrected chi connectivity index (χ4v) is 3.05. The summed E-state index contributed by atoms with van der Waals surface area (Å²) in [6.07, 6.45) is 5.94. The molecule has 0 amide bonds. The van der Waals surface area contributed by atoms with Gasteiger partial charge in [-0.3, -0.25) is 4.99 Å². The lowest BCUT2D eigenvalue weighted by molar-refractivity contribution is 0.680. The fraction of sp³-hybridized carbons (Fsp3) is 0.636. The molecule has 3 N–H and O–H groups in total. The van der Waals surface area contributed by atoms with E-state index >= 15 is 0 Å². The number of fused-ring (bicyclic) bond motifs is 1. The zero-order valence-electron chi connectivity index (χ0n) is 9.62. The van der Waals surface area contributed by atoms with E-state index in [0.717, 1.165) is 19.4 Å². The van der Waals surface area contributed by atoms with Gasteiger partial charge in [0.1, 0.15) is 0 Å².